The molecule has 0 atom stereocenters. The Labute approximate surface area is 231 Å². The predicted molar refractivity (Wildman–Crippen MR) is 116 cm³/mol. The molecule has 21 heteroatoms. The summed E-state index contributed by atoms with van der Waals surface area (Å²) >= 11 is 0. The van der Waals surface area contributed by atoms with Gasteiger partial charge in [0.05, 0.1) is 5.56 Å². The maximum Gasteiger partial charge on any atom is 0.534 e. The fraction of sp³-hybridized carbons (Fsp3) is 0.136. The number of fused-ring (bicyclic) bond motifs is 6. The summed E-state index contributed by atoms with van der Waals surface area (Å²) in [6.45, 7) is 0. The molecule has 2 aliphatic heterocycles. The largest absolute Gasteiger partial charge is 0.534 e. The van der Waals surface area contributed by atoms with Crippen molar-refractivity contribution in [3.05, 3.63) is 81.9 Å². The maximum absolute atomic E-state index is 15.3. The number of hydrogen-bond donors (Lipinski definition) is 0. The first-order valence-corrected chi connectivity index (χ1v) is 13.5. The zero-order valence-corrected chi connectivity index (χ0v) is 21.4. The molecule has 5 rings (SSSR count). The zero-order valence-electron chi connectivity index (χ0n) is 19.7. The van der Waals surface area contributed by atoms with Crippen molar-refractivity contribution in [2.75, 3.05) is 0 Å². The molecule has 0 N–H and O–H groups in total. The topological polar surface area (TPSA) is 122 Å². The average molecular weight is 668 g/mol. The van der Waals surface area contributed by atoms with Crippen LogP contribution in [0.25, 0.3) is 0 Å². The van der Waals surface area contributed by atoms with Crippen LogP contribution in [0.15, 0.2) is 36.4 Å². The van der Waals surface area contributed by atoms with E-state index >= 15 is 4.39 Å². The SMILES string of the molecule is O=C1OC2(c3ccc(OS(=O)(=O)C(F)(F)F)cc3Oc3cc(OS(=O)(=O)C(F)(F)F)ccc32)c2c(F)c(F)c(F)c(F)c21. The smallest absolute Gasteiger partial charge is 0.456 e. The Morgan fingerprint density at radius 1 is 0.651 bits per heavy atom. The third kappa shape index (κ3) is 4.39. The summed E-state index contributed by atoms with van der Waals surface area (Å²) in [6, 6.07) is 2.93. The van der Waals surface area contributed by atoms with E-state index < -0.39 is 111 Å². The summed E-state index contributed by atoms with van der Waals surface area (Å²) in [7, 11) is -12.6. The molecule has 0 aromatic heterocycles. The molecular formula is C22H6F10O9S2. The second-order valence-electron chi connectivity index (χ2n) is 8.46. The molecule has 230 valence electrons. The highest BCUT2D eigenvalue weighted by atomic mass is 32.2. The molecule has 0 aliphatic carbocycles. The predicted octanol–water partition coefficient (Wildman–Crippen LogP) is 5.27. The van der Waals surface area contributed by atoms with Gasteiger partial charge >= 0.3 is 37.2 Å². The van der Waals surface area contributed by atoms with Crippen LogP contribution < -0.4 is 13.1 Å². The van der Waals surface area contributed by atoms with Crippen molar-refractivity contribution in [3.8, 4) is 23.0 Å². The summed E-state index contributed by atoms with van der Waals surface area (Å²) in [6.07, 6.45) is 0. The molecule has 9 nitrogen and oxygen atoms in total. The van der Waals surface area contributed by atoms with Crippen LogP contribution in [-0.2, 0) is 30.6 Å². The minimum absolute atomic E-state index is 0.364. The third-order valence-electron chi connectivity index (χ3n) is 5.93. The van der Waals surface area contributed by atoms with Crippen LogP contribution in [0.5, 0.6) is 23.0 Å². The number of carbonyl (C=O) groups excluding carboxylic acids is 1. The molecule has 2 aliphatic rings. The van der Waals surface area contributed by atoms with E-state index in [1.165, 1.54) is 0 Å². The molecule has 2 heterocycles. The quantitative estimate of drug-likeness (QED) is 0.0915. The van der Waals surface area contributed by atoms with Gasteiger partial charge < -0.3 is 17.8 Å². The van der Waals surface area contributed by atoms with Gasteiger partial charge in [-0.3, -0.25) is 0 Å². The Kier molecular flexibility index (Phi) is 6.40. The summed E-state index contributed by atoms with van der Waals surface area (Å²) in [5.74, 6) is -15.4. The number of carbonyl (C=O) groups is 1. The Balaban J connectivity index is 1.79. The van der Waals surface area contributed by atoms with Crippen LogP contribution in [0.4, 0.5) is 43.9 Å². The zero-order chi connectivity index (χ0) is 32.1. The highest BCUT2D eigenvalue weighted by molar-refractivity contribution is 7.88. The molecule has 0 bridgehead atoms. The number of ether oxygens (including phenoxy) is 2. The Bertz CT molecular complexity index is 1860. The standard InChI is InChI=1S/C22H6F10O9S2/c23-15-13-14(16(24)18(26)17(15)25)20(39-19(13)33)9-3-1-7(40-42(34,35)21(27,28)29)5-11(9)38-12-6-8(2-4-10(12)20)41-43(36,37)22(30,31)32/h1-6H. The Morgan fingerprint density at radius 2 is 1.07 bits per heavy atom. The fourth-order valence-electron chi connectivity index (χ4n) is 4.25. The molecule has 0 amide bonds. The van der Waals surface area contributed by atoms with Crippen LogP contribution in [-0.4, -0.2) is 33.8 Å². The van der Waals surface area contributed by atoms with E-state index in [4.69, 9.17) is 9.47 Å². The molecule has 43 heavy (non-hydrogen) atoms. The van der Waals surface area contributed by atoms with E-state index in [1.54, 1.807) is 0 Å². The summed E-state index contributed by atoms with van der Waals surface area (Å²) in [5.41, 5.74) is -19.1. The molecule has 0 fully saturated rings. The first-order valence-electron chi connectivity index (χ1n) is 10.7. The molecule has 0 saturated carbocycles. The number of halogens is 10. The lowest BCUT2D eigenvalue weighted by atomic mass is 9.77. The summed E-state index contributed by atoms with van der Waals surface area (Å²) in [5, 5.41) is 0. The minimum atomic E-state index is -6.32. The van der Waals surface area contributed by atoms with Gasteiger partial charge in [0.15, 0.2) is 28.9 Å². The van der Waals surface area contributed by atoms with Gasteiger partial charge in [0.25, 0.3) is 0 Å². The van der Waals surface area contributed by atoms with E-state index in [0.29, 0.717) is 36.4 Å². The second-order valence-corrected chi connectivity index (χ2v) is 11.5. The lowest BCUT2D eigenvalue weighted by Crippen LogP contribution is -2.34. The van der Waals surface area contributed by atoms with Crippen LogP contribution in [0, 0.1) is 23.3 Å². The monoisotopic (exact) mass is 668 g/mol. The average Bonchev–Trinajstić information content (AvgIpc) is 3.17. The Morgan fingerprint density at radius 3 is 1.49 bits per heavy atom. The van der Waals surface area contributed by atoms with Crippen molar-refractivity contribution >= 4 is 26.2 Å². The van der Waals surface area contributed by atoms with E-state index in [0.717, 1.165) is 0 Å². The van der Waals surface area contributed by atoms with Gasteiger partial charge in [0.1, 0.15) is 28.6 Å². The van der Waals surface area contributed by atoms with Gasteiger partial charge in [-0.15, -0.1) is 0 Å². The van der Waals surface area contributed by atoms with Crippen molar-refractivity contribution < 1.29 is 83.4 Å². The first kappa shape index (κ1) is 30.2. The summed E-state index contributed by atoms with van der Waals surface area (Å²) in [4.78, 5) is 12.7. The third-order valence-corrected chi connectivity index (χ3v) is 7.89. The van der Waals surface area contributed by atoms with Gasteiger partial charge in [-0.05, 0) is 24.3 Å². The van der Waals surface area contributed by atoms with E-state index in [1.807, 2.05) is 0 Å². The van der Waals surface area contributed by atoms with Crippen molar-refractivity contribution in [1.29, 1.82) is 0 Å². The van der Waals surface area contributed by atoms with E-state index in [9.17, 15) is 61.1 Å². The van der Waals surface area contributed by atoms with Gasteiger partial charge in [0, 0.05) is 23.3 Å². The molecule has 0 radical (unpaired) electrons. The van der Waals surface area contributed by atoms with Gasteiger partial charge in [-0.1, -0.05) is 0 Å². The first-order chi connectivity index (χ1) is 19.6. The number of hydrogen-bond acceptors (Lipinski definition) is 9. The summed E-state index contributed by atoms with van der Waals surface area (Å²) < 4.78 is 200. The number of rotatable bonds is 4. The van der Waals surface area contributed by atoms with E-state index in [-0.39, 0.29) is 0 Å². The minimum Gasteiger partial charge on any atom is -0.456 e. The van der Waals surface area contributed by atoms with Crippen LogP contribution in [0.1, 0.15) is 27.0 Å². The van der Waals surface area contributed by atoms with Gasteiger partial charge in [-0.25, -0.2) is 22.4 Å². The molecular weight excluding hydrogens is 662 g/mol. The van der Waals surface area contributed by atoms with Crippen molar-refractivity contribution in [1.82, 2.24) is 0 Å². The molecule has 0 unspecified atom stereocenters. The number of esters is 1. The number of alkyl halides is 6. The number of benzene rings is 3. The lowest BCUT2D eigenvalue weighted by Gasteiger charge is -2.36. The maximum atomic E-state index is 15.3. The van der Waals surface area contributed by atoms with Crippen LogP contribution in [0.3, 0.4) is 0 Å². The van der Waals surface area contributed by atoms with Gasteiger partial charge in [0.2, 0.25) is 0 Å². The van der Waals surface area contributed by atoms with E-state index in [2.05, 4.69) is 8.37 Å². The van der Waals surface area contributed by atoms with Gasteiger partial charge in [-0.2, -0.15) is 43.2 Å². The highest BCUT2D eigenvalue weighted by Gasteiger charge is 2.58. The van der Waals surface area contributed by atoms with Crippen molar-refractivity contribution in [2.24, 2.45) is 0 Å². The lowest BCUT2D eigenvalue weighted by molar-refractivity contribution is -0.0504. The van der Waals surface area contributed by atoms with Crippen LogP contribution in [0.2, 0.25) is 0 Å². The molecule has 3 aromatic carbocycles. The second kappa shape index (κ2) is 9.11. The molecule has 0 saturated heterocycles. The molecule has 3 aromatic rings. The van der Waals surface area contributed by atoms with Crippen molar-refractivity contribution in [3.63, 3.8) is 0 Å². The van der Waals surface area contributed by atoms with Crippen molar-refractivity contribution in [2.45, 2.75) is 16.6 Å². The molecule has 1 spiro atoms. The normalized spacial score (nSPS) is 15.7. The highest BCUT2D eigenvalue weighted by Crippen LogP contribution is 2.58. The fourth-order valence-corrected chi connectivity index (χ4v) is 5.15. The Hall–Kier alpha value is -4.27. The van der Waals surface area contributed by atoms with Crippen LogP contribution >= 0.6 is 0 Å².